The predicted molar refractivity (Wildman–Crippen MR) is 115 cm³/mol. The summed E-state index contributed by atoms with van der Waals surface area (Å²) >= 11 is 0. The summed E-state index contributed by atoms with van der Waals surface area (Å²) in [5, 5.41) is 20.7. The number of aliphatic hydroxyl groups excluding tert-OH is 1. The number of ether oxygens (including phenoxy) is 1. The van der Waals surface area contributed by atoms with E-state index in [4.69, 9.17) is 4.74 Å². The van der Waals surface area contributed by atoms with Gasteiger partial charge in [0.1, 0.15) is 11.7 Å². The zero-order chi connectivity index (χ0) is 20.9. The standard InChI is InChI=1S/C24H46O4/c1-4-5-6-7-8-9-10-11-12-13-14-15-16-17-18-23(2,27)20-24(3)21(25)19-22(26)28-24/h21,25,27H,4-20H2,1-3H3. The highest BCUT2D eigenvalue weighted by atomic mass is 16.6. The number of unbranched alkanes of at least 4 members (excludes halogenated alkanes) is 13. The Hall–Kier alpha value is -0.610. The van der Waals surface area contributed by atoms with Crippen LogP contribution in [-0.2, 0) is 9.53 Å². The second-order valence-corrected chi connectivity index (χ2v) is 9.53. The van der Waals surface area contributed by atoms with E-state index in [2.05, 4.69) is 6.92 Å². The van der Waals surface area contributed by atoms with Crippen molar-refractivity contribution in [3.8, 4) is 0 Å². The summed E-state index contributed by atoms with van der Waals surface area (Å²) in [5.41, 5.74) is -1.85. The smallest absolute Gasteiger partial charge is 0.309 e. The Kier molecular flexibility index (Phi) is 12.3. The molecule has 0 aromatic heterocycles. The lowest BCUT2D eigenvalue weighted by atomic mass is 9.83. The van der Waals surface area contributed by atoms with Crippen LogP contribution in [0.5, 0.6) is 0 Å². The van der Waals surface area contributed by atoms with Crippen LogP contribution in [0, 0.1) is 0 Å². The Labute approximate surface area is 173 Å². The summed E-state index contributed by atoms with van der Waals surface area (Å²) in [6, 6.07) is 0. The molecule has 4 nitrogen and oxygen atoms in total. The average molecular weight is 399 g/mol. The first-order valence-electron chi connectivity index (χ1n) is 11.9. The number of hydrogen-bond acceptors (Lipinski definition) is 4. The SMILES string of the molecule is CCCCCCCCCCCCCCCCC(C)(O)CC1(C)OC(=O)CC1O. The minimum absolute atomic E-state index is 0.0332. The van der Waals surface area contributed by atoms with Gasteiger partial charge in [0.2, 0.25) is 0 Å². The van der Waals surface area contributed by atoms with E-state index in [1.165, 1.54) is 77.0 Å². The van der Waals surface area contributed by atoms with Crippen molar-refractivity contribution in [2.45, 2.75) is 147 Å². The molecule has 28 heavy (non-hydrogen) atoms. The third-order valence-corrected chi connectivity index (χ3v) is 6.21. The lowest BCUT2D eigenvalue weighted by molar-refractivity contribution is -0.155. The molecular formula is C24H46O4. The number of carbonyl (C=O) groups is 1. The summed E-state index contributed by atoms with van der Waals surface area (Å²) in [6.45, 7) is 5.78. The largest absolute Gasteiger partial charge is 0.456 e. The molecule has 0 aromatic carbocycles. The monoisotopic (exact) mass is 398 g/mol. The van der Waals surface area contributed by atoms with E-state index in [0.717, 1.165) is 12.8 Å². The van der Waals surface area contributed by atoms with Crippen molar-refractivity contribution in [3.63, 3.8) is 0 Å². The minimum atomic E-state index is -0.948. The number of carbonyl (C=O) groups excluding carboxylic acids is 1. The topological polar surface area (TPSA) is 66.8 Å². The van der Waals surface area contributed by atoms with Gasteiger partial charge in [-0.25, -0.2) is 0 Å². The van der Waals surface area contributed by atoms with Gasteiger partial charge in [-0.3, -0.25) is 4.79 Å². The highest BCUT2D eigenvalue weighted by molar-refractivity contribution is 5.73. The fourth-order valence-corrected chi connectivity index (χ4v) is 4.44. The molecule has 0 aromatic rings. The second kappa shape index (κ2) is 13.6. The van der Waals surface area contributed by atoms with Gasteiger partial charge in [-0.1, -0.05) is 96.8 Å². The average Bonchev–Trinajstić information content (AvgIpc) is 2.85. The number of rotatable bonds is 17. The molecule has 3 unspecified atom stereocenters. The van der Waals surface area contributed by atoms with Crippen molar-refractivity contribution in [2.24, 2.45) is 0 Å². The maximum absolute atomic E-state index is 11.4. The van der Waals surface area contributed by atoms with Gasteiger partial charge in [-0.2, -0.15) is 0 Å². The molecule has 0 bridgehead atoms. The van der Waals surface area contributed by atoms with Crippen molar-refractivity contribution in [1.29, 1.82) is 0 Å². The maximum Gasteiger partial charge on any atom is 0.309 e. The van der Waals surface area contributed by atoms with Crippen molar-refractivity contribution in [1.82, 2.24) is 0 Å². The van der Waals surface area contributed by atoms with E-state index in [0.29, 0.717) is 12.8 Å². The Morgan fingerprint density at radius 2 is 1.36 bits per heavy atom. The molecule has 2 N–H and O–H groups in total. The van der Waals surface area contributed by atoms with E-state index in [1.807, 2.05) is 0 Å². The third-order valence-electron chi connectivity index (χ3n) is 6.21. The van der Waals surface area contributed by atoms with Gasteiger partial charge < -0.3 is 14.9 Å². The van der Waals surface area contributed by atoms with Crippen LogP contribution in [0.1, 0.15) is 130 Å². The molecule has 1 rings (SSSR count). The molecule has 3 atom stereocenters. The van der Waals surface area contributed by atoms with Crippen LogP contribution in [0.15, 0.2) is 0 Å². The van der Waals surface area contributed by atoms with E-state index in [1.54, 1.807) is 13.8 Å². The number of aliphatic hydroxyl groups is 2. The molecule has 1 heterocycles. The fraction of sp³-hybridized carbons (Fsp3) is 0.958. The summed E-state index contributed by atoms with van der Waals surface area (Å²) in [6.07, 6.45) is 18.6. The highest BCUT2D eigenvalue weighted by Gasteiger charge is 2.48. The van der Waals surface area contributed by atoms with Crippen LogP contribution in [0.25, 0.3) is 0 Å². The third kappa shape index (κ3) is 10.8. The molecule has 1 aliphatic heterocycles. The number of esters is 1. The summed E-state index contributed by atoms with van der Waals surface area (Å²) in [7, 11) is 0. The Morgan fingerprint density at radius 1 is 0.929 bits per heavy atom. The van der Waals surface area contributed by atoms with Gasteiger partial charge in [0.25, 0.3) is 0 Å². The molecule has 0 radical (unpaired) electrons. The van der Waals surface area contributed by atoms with Crippen LogP contribution in [-0.4, -0.2) is 33.5 Å². The summed E-state index contributed by atoms with van der Waals surface area (Å²) < 4.78 is 5.27. The zero-order valence-corrected chi connectivity index (χ0v) is 18.8. The first kappa shape index (κ1) is 25.4. The molecule has 4 heteroatoms. The van der Waals surface area contributed by atoms with Crippen LogP contribution in [0.2, 0.25) is 0 Å². The molecule has 0 aliphatic carbocycles. The zero-order valence-electron chi connectivity index (χ0n) is 18.8. The van der Waals surface area contributed by atoms with E-state index >= 15 is 0 Å². The molecule has 1 aliphatic rings. The van der Waals surface area contributed by atoms with Gasteiger partial charge in [0, 0.05) is 6.42 Å². The second-order valence-electron chi connectivity index (χ2n) is 9.53. The molecule has 0 spiro atoms. The predicted octanol–water partition coefficient (Wildman–Crippen LogP) is 6.07. The molecule has 166 valence electrons. The van der Waals surface area contributed by atoms with E-state index in [9.17, 15) is 15.0 Å². The number of hydrogen-bond donors (Lipinski definition) is 2. The van der Waals surface area contributed by atoms with Crippen molar-refractivity contribution < 1.29 is 19.7 Å². The highest BCUT2D eigenvalue weighted by Crippen LogP contribution is 2.36. The molecule has 0 saturated carbocycles. The molecule has 1 saturated heterocycles. The van der Waals surface area contributed by atoms with Crippen molar-refractivity contribution in [3.05, 3.63) is 0 Å². The Bertz CT molecular complexity index is 421. The minimum Gasteiger partial charge on any atom is -0.456 e. The lowest BCUT2D eigenvalue weighted by Gasteiger charge is -2.34. The van der Waals surface area contributed by atoms with E-state index < -0.39 is 17.3 Å². The van der Waals surface area contributed by atoms with Crippen LogP contribution in [0.4, 0.5) is 0 Å². The lowest BCUT2D eigenvalue weighted by Crippen LogP contribution is -2.44. The van der Waals surface area contributed by atoms with Crippen LogP contribution < -0.4 is 0 Å². The first-order valence-corrected chi connectivity index (χ1v) is 11.9. The van der Waals surface area contributed by atoms with Gasteiger partial charge in [0.15, 0.2) is 0 Å². The van der Waals surface area contributed by atoms with Crippen LogP contribution in [0.3, 0.4) is 0 Å². The molecular weight excluding hydrogens is 352 g/mol. The van der Waals surface area contributed by atoms with E-state index in [-0.39, 0.29) is 12.4 Å². The quantitative estimate of drug-likeness (QED) is 0.231. The normalized spacial score (nSPS) is 24.3. The Morgan fingerprint density at radius 3 is 1.75 bits per heavy atom. The van der Waals surface area contributed by atoms with Gasteiger partial charge in [-0.15, -0.1) is 0 Å². The summed E-state index contributed by atoms with van der Waals surface area (Å²) in [5.74, 6) is -0.373. The molecule has 1 fully saturated rings. The van der Waals surface area contributed by atoms with Gasteiger partial charge >= 0.3 is 5.97 Å². The van der Waals surface area contributed by atoms with Gasteiger partial charge in [0.05, 0.1) is 12.0 Å². The van der Waals surface area contributed by atoms with Crippen molar-refractivity contribution >= 4 is 5.97 Å². The first-order chi connectivity index (χ1) is 13.3. The van der Waals surface area contributed by atoms with Gasteiger partial charge in [-0.05, 0) is 20.3 Å². The van der Waals surface area contributed by atoms with Crippen molar-refractivity contribution in [2.75, 3.05) is 0 Å². The maximum atomic E-state index is 11.4. The van der Waals surface area contributed by atoms with Crippen LogP contribution >= 0.6 is 0 Å². The molecule has 0 amide bonds. The fourth-order valence-electron chi connectivity index (χ4n) is 4.44. The Balaban J connectivity index is 1.96. The number of cyclic esters (lactones) is 1. The summed E-state index contributed by atoms with van der Waals surface area (Å²) in [4.78, 5) is 11.4.